The van der Waals surface area contributed by atoms with Crippen molar-refractivity contribution in [2.75, 3.05) is 11.9 Å². The van der Waals surface area contributed by atoms with Gasteiger partial charge >= 0.3 is 0 Å². The lowest BCUT2D eigenvalue weighted by Gasteiger charge is -2.38. The Kier molecular flexibility index (Phi) is 4.24. The first-order valence-corrected chi connectivity index (χ1v) is 7.14. The second-order valence-electron chi connectivity index (χ2n) is 6.01. The molecule has 2 atom stereocenters. The summed E-state index contributed by atoms with van der Waals surface area (Å²) in [4.78, 5) is 0. The number of anilines is 1. The molecule has 0 amide bonds. The summed E-state index contributed by atoms with van der Waals surface area (Å²) in [6.45, 7) is 6.43. The third-order valence-electron chi connectivity index (χ3n) is 4.51. The van der Waals surface area contributed by atoms with Crippen LogP contribution in [0.3, 0.4) is 0 Å². The van der Waals surface area contributed by atoms with Gasteiger partial charge in [-0.15, -0.1) is 5.10 Å². The SMILES string of the molecule is Cc1nnc(NCC2(C)CCCCC2O)c(C#N)c1C. The van der Waals surface area contributed by atoms with Crippen LogP contribution in [0.1, 0.15) is 49.4 Å². The van der Waals surface area contributed by atoms with Gasteiger partial charge in [0.05, 0.1) is 11.8 Å². The summed E-state index contributed by atoms with van der Waals surface area (Å²) in [7, 11) is 0. The molecule has 5 heteroatoms. The summed E-state index contributed by atoms with van der Waals surface area (Å²) < 4.78 is 0. The molecule has 0 aliphatic heterocycles. The highest BCUT2D eigenvalue weighted by molar-refractivity contribution is 5.55. The average Bonchev–Trinajstić information content (AvgIpc) is 2.44. The first-order valence-electron chi connectivity index (χ1n) is 7.14. The molecule has 1 aromatic heterocycles. The molecule has 0 aromatic carbocycles. The molecule has 1 aromatic rings. The van der Waals surface area contributed by atoms with Gasteiger partial charge in [0, 0.05) is 12.0 Å². The van der Waals surface area contributed by atoms with Crippen LogP contribution in [-0.4, -0.2) is 28.0 Å². The Morgan fingerprint density at radius 1 is 1.40 bits per heavy atom. The van der Waals surface area contributed by atoms with Gasteiger partial charge in [-0.3, -0.25) is 0 Å². The zero-order chi connectivity index (χ0) is 14.8. The number of aliphatic hydroxyl groups is 1. The Hall–Kier alpha value is -1.67. The zero-order valence-electron chi connectivity index (χ0n) is 12.4. The predicted octanol–water partition coefficient (Wildman–Crippen LogP) is 2.32. The first kappa shape index (κ1) is 14.7. The van der Waals surface area contributed by atoms with Crippen LogP contribution in [0.25, 0.3) is 0 Å². The van der Waals surface area contributed by atoms with Crippen molar-refractivity contribution >= 4 is 5.82 Å². The van der Waals surface area contributed by atoms with E-state index in [-0.39, 0.29) is 11.5 Å². The van der Waals surface area contributed by atoms with E-state index in [1.807, 2.05) is 13.8 Å². The summed E-state index contributed by atoms with van der Waals surface area (Å²) in [5.74, 6) is 0.523. The van der Waals surface area contributed by atoms with Crippen molar-refractivity contribution in [1.29, 1.82) is 5.26 Å². The predicted molar refractivity (Wildman–Crippen MR) is 77.3 cm³/mol. The zero-order valence-corrected chi connectivity index (χ0v) is 12.4. The molecule has 2 N–H and O–H groups in total. The van der Waals surface area contributed by atoms with E-state index in [2.05, 4.69) is 28.5 Å². The van der Waals surface area contributed by atoms with Gasteiger partial charge in [0.2, 0.25) is 0 Å². The topological polar surface area (TPSA) is 81.8 Å². The molecule has 0 spiro atoms. The standard InChI is InChI=1S/C15H22N4O/c1-10-11(2)18-19-14(12(10)8-16)17-9-15(3)7-5-4-6-13(15)20/h13,20H,4-7,9H2,1-3H3,(H,17,19). The normalized spacial score (nSPS) is 26.1. The molecule has 108 valence electrons. The number of aliphatic hydroxyl groups excluding tert-OH is 1. The Balaban J connectivity index is 2.15. The maximum atomic E-state index is 10.2. The minimum absolute atomic E-state index is 0.161. The van der Waals surface area contributed by atoms with Crippen LogP contribution in [-0.2, 0) is 0 Å². The third kappa shape index (κ3) is 2.75. The van der Waals surface area contributed by atoms with Crippen molar-refractivity contribution in [3.8, 4) is 6.07 Å². The second-order valence-corrected chi connectivity index (χ2v) is 6.01. The molecule has 2 unspecified atom stereocenters. The van der Waals surface area contributed by atoms with Gasteiger partial charge in [0.1, 0.15) is 11.6 Å². The third-order valence-corrected chi connectivity index (χ3v) is 4.51. The summed E-state index contributed by atoms with van der Waals surface area (Å²) in [6, 6.07) is 2.19. The molecule has 1 heterocycles. The van der Waals surface area contributed by atoms with Gasteiger partial charge in [-0.1, -0.05) is 19.8 Å². The van der Waals surface area contributed by atoms with Crippen molar-refractivity contribution in [2.24, 2.45) is 5.41 Å². The highest BCUT2D eigenvalue weighted by Gasteiger charge is 2.35. The quantitative estimate of drug-likeness (QED) is 0.884. The van der Waals surface area contributed by atoms with Crippen LogP contribution >= 0.6 is 0 Å². The molecule has 5 nitrogen and oxygen atoms in total. The molecule has 1 aliphatic rings. The van der Waals surface area contributed by atoms with E-state index in [0.29, 0.717) is 17.9 Å². The van der Waals surface area contributed by atoms with Crippen molar-refractivity contribution < 1.29 is 5.11 Å². The van der Waals surface area contributed by atoms with E-state index in [1.165, 1.54) is 0 Å². The Morgan fingerprint density at radius 2 is 2.15 bits per heavy atom. The first-order chi connectivity index (χ1) is 9.48. The van der Waals surface area contributed by atoms with E-state index in [1.54, 1.807) is 0 Å². The van der Waals surface area contributed by atoms with E-state index in [0.717, 1.165) is 36.9 Å². The maximum Gasteiger partial charge on any atom is 0.166 e. The Labute approximate surface area is 120 Å². The highest BCUT2D eigenvalue weighted by Crippen LogP contribution is 2.36. The molecule has 20 heavy (non-hydrogen) atoms. The molecule has 0 bridgehead atoms. The molecule has 0 saturated heterocycles. The van der Waals surface area contributed by atoms with Gasteiger partial charge in [-0.2, -0.15) is 10.4 Å². The van der Waals surface area contributed by atoms with E-state index >= 15 is 0 Å². The number of nitrogens with one attached hydrogen (secondary N) is 1. The van der Waals surface area contributed by atoms with Gasteiger partial charge in [-0.25, -0.2) is 0 Å². The van der Waals surface area contributed by atoms with E-state index in [4.69, 9.17) is 0 Å². The smallest absolute Gasteiger partial charge is 0.166 e. The lowest BCUT2D eigenvalue weighted by atomic mass is 9.73. The minimum atomic E-state index is -0.297. The summed E-state index contributed by atoms with van der Waals surface area (Å²) >= 11 is 0. The number of hydrogen-bond donors (Lipinski definition) is 2. The average molecular weight is 274 g/mol. The Morgan fingerprint density at radius 3 is 2.80 bits per heavy atom. The number of aromatic nitrogens is 2. The van der Waals surface area contributed by atoms with Crippen LogP contribution in [0.4, 0.5) is 5.82 Å². The lowest BCUT2D eigenvalue weighted by Crippen LogP contribution is -2.41. The molecular formula is C15H22N4O. The van der Waals surface area contributed by atoms with Gasteiger partial charge < -0.3 is 10.4 Å². The Bertz CT molecular complexity index is 537. The van der Waals surface area contributed by atoms with Crippen LogP contribution < -0.4 is 5.32 Å². The molecule has 0 radical (unpaired) electrons. The fourth-order valence-corrected chi connectivity index (χ4v) is 2.74. The molecule has 1 saturated carbocycles. The minimum Gasteiger partial charge on any atom is -0.392 e. The summed E-state index contributed by atoms with van der Waals surface area (Å²) in [5, 5.41) is 30.8. The van der Waals surface area contributed by atoms with E-state index in [9.17, 15) is 10.4 Å². The van der Waals surface area contributed by atoms with Crippen LogP contribution in [0.15, 0.2) is 0 Å². The van der Waals surface area contributed by atoms with Crippen molar-refractivity contribution in [3.05, 3.63) is 16.8 Å². The fourth-order valence-electron chi connectivity index (χ4n) is 2.74. The maximum absolute atomic E-state index is 10.2. The largest absolute Gasteiger partial charge is 0.392 e. The molecular weight excluding hydrogens is 252 g/mol. The molecule has 2 rings (SSSR count). The summed E-state index contributed by atoms with van der Waals surface area (Å²) in [6.07, 6.45) is 3.76. The highest BCUT2D eigenvalue weighted by atomic mass is 16.3. The van der Waals surface area contributed by atoms with Crippen LogP contribution in [0.5, 0.6) is 0 Å². The van der Waals surface area contributed by atoms with Crippen molar-refractivity contribution in [3.63, 3.8) is 0 Å². The fraction of sp³-hybridized carbons (Fsp3) is 0.667. The van der Waals surface area contributed by atoms with Crippen LogP contribution in [0, 0.1) is 30.6 Å². The van der Waals surface area contributed by atoms with Crippen molar-refractivity contribution in [1.82, 2.24) is 10.2 Å². The number of aryl methyl sites for hydroxylation is 1. The van der Waals surface area contributed by atoms with E-state index < -0.39 is 0 Å². The number of hydrogen-bond acceptors (Lipinski definition) is 5. The summed E-state index contributed by atoms with van der Waals surface area (Å²) in [5.41, 5.74) is 2.02. The number of rotatable bonds is 3. The van der Waals surface area contributed by atoms with Gasteiger partial charge in [0.25, 0.3) is 0 Å². The number of nitrogens with zero attached hydrogens (tertiary/aromatic N) is 3. The second kappa shape index (κ2) is 5.76. The van der Waals surface area contributed by atoms with Crippen LogP contribution in [0.2, 0.25) is 0 Å². The molecule has 1 aliphatic carbocycles. The monoisotopic (exact) mass is 274 g/mol. The van der Waals surface area contributed by atoms with Crippen molar-refractivity contribution in [2.45, 2.75) is 52.6 Å². The molecule has 1 fully saturated rings. The van der Waals surface area contributed by atoms with Gasteiger partial charge in [0.15, 0.2) is 5.82 Å². The lowest BCUT2D eigenvalue weighted by molar-refractivity contribution is 0.00957. The number of nitriles is 1. The van der Waals surface area contributed by atoms with Gasteiger partial charge in [-0.05, 0) is 32.3 Å².